The molecule has 0 aliphatic carbocycles. The first-order valence-electron chi connectivity index (χ1n) is 7.44. The molecule has 3 heteroatoms. The third-order valence-corrected chi connectivity index (χ3v) is 3.46. The summed E-state index contributed by atoms with van der Waals surface area (Å²) in [5.41, 5.74) is 2.22. The van der Waals surface area contributed by atoms with Crippen LogP contribution in [0.4, 0.5) is 0 Å². The van der Waals surface area contributed by atoms with Gasteiger partial charge in [-0.05, 0) is 25.3 Å². The number of nitrogens with one attached hydrogen (secondary N) is 1. The first kappa shape index (κ1) is 15.1. The maximum atomic E-state index is 5.75. The Morgan fingerprint density at radius 2 is 2.00 bits per heavy atom. The summed E-state index contributed by atoms with van der Waals surface area (Å²) in [4.78, 5) is 0. The van der Waals surface area contributed by atoms with Gasteiger partial charge in [0.25, 0.3) is 0 Å². The number of furan rings is 1. The number of ether oxygens (including phenoxy) is 1. The van der Waals surface area contributed by atoms with Crippen molar-refractivity contribution in [3.63, 3.8) is 0 Å². The van der Waals surface area contributed by atoms with Crippen molar-refractivity contribution in [3.05, 3.63) is 35.6 Å². The van der Waals surface area contributed by atoms with E-state index in [-0.39, 0.29) is 0 Å². The Morgan fingerprint density at radius 1 is 1.20 bits per heavy atom. The van der Waals surface area contributed by atoms with E-state index in [1.54, 1.807) is 0 Å². The van der Waals surface area contributed by atoms with Crippen LogP contribution in [0.1, 0.15) is 31.6 Å². The summed E-state index contributed by atoms with van der Waals surface area (Å²) in [5, 5.41) is 4.63. The molecule has 1 N–H and O–H groups in total. The molecule has 2 rings (SSSR count). The molecule has 0 unspecified atom stereocenters. The van der Waals surface area contributed by atoms with E-state index < -0.39 is 0 Å². The van der Waals surface area contributed by atoms with Crippen LogP contribution in [-0.4, -0.2) is 19.8 Å². The molecule has 0 amide bonds. The number of fused-ring (bicyclic) bond motifs is 1. The second-order valence-corrected chi connectivity index (χ2v) is 5.60. The van der Waals surface area contributed by atoms with Crippen LogP contribution in [0.15, 0.2) is 28.7 Å². The molecule has 1 aromatic heterocycles. The lowest BCUT2D eigenvalue weighted by Gasteiger charge is -2.07. The molecule has 0 spiro atoms. The number of para-hydroxylation sites is 1. The number of aryl methyl sites for hydroxylation is 1. The quantitative estimate of drug-likeness (QED) is 0.742. The fourth-order valence-corrected chi connectivity index (χ4v) is 2.22. The normalized spacial score (nSPS) is 11.6. The topological polar surface area (TPSA) is 34.4 Å². The maximum Gasteiger partial charge on any atom is 0.134 e. The third-order valence-electron chi connectivity index (χ3n) is 3.46. The molecule has 2 aromatic rings. The van der Waals surface area contributed by atoms with Crippen LogP contribution in [0.5, 0.6) is 0 Å². The molecule has 0 bridgehead atoms. The van der Waals surface area contributed by atoms with E-state index in [4.69, 9.17) is 9.15 Å². The monoisotopic (exact) mass is 275 g/mol. The molecular formula is C17H25NO2. The van der Waals surface area contributed by atoms with Gasteiger partial charge in [-0.2, -0.15) is 0 Å². The Morgan fingerprint density at radius 3 is 2.80 bits per heavy atom. The third kappa shape index (κ3) is 4.09. The molecule has 0 radical (unpaired) electrons. The van der Waals surface area contributed by atoms with Crippen LogP contribution in [0.3, 0.4) is 0 Å². The van der Waals surface area contributed by atoms with Gasteiger partial charge in [-0.15, -0.1) is 0 Å². The minimum Gasteiger partial charge on any atom is -0.461 e. The predicted molar refractivity (Wildman–Crippen MR) is 82.9 cm³/mol. The molecule has 0 saturated heterocycles. The Bertz CT molecular complexity index is 531. The van der Waals surface area contributed by atoms with Gasteiger partial charge in [-0.25, -0.2) is 0 Å². The van der Waals surface area contributed by atoms with Crippen LogP contribution >= 0.6 is 0 Å². The number of hydrogen-bond acceptors (Lipinski definition) is 3. The van der Waals surface area contributed by atoms with Gasteiger partial charge in [-0.1, -0.05) is 32.0 Å². The minimum atomic E-state index is 0.711. The average Bonchev–Trinajstić information content (AvgIpc) is 2.73. The highest BCUT2D eigenvalue weighted by atomic mass is 16.5. The summed E-state index contributed by atoms with van der Waals surface area (Å²) < 4.78 is 11.3. The first-order chi connectivity index (χ1) is 9.68. The van der Waals surface area contributed by atoms with Crippen LogP contribution in [0.25, 0.3) is 11.0 Å². The lowest BCUT2D eigenvalue weighted by molar-refractivity contribution is 0.125. The van der Waals surface area contributed by atoms with Gasteiger partial charge in [0.1, 0.15) is 11.3 Å². The van der Waals surface area contributed by atoms with Crippen LogP contribution in [0, 0.1) is 12.8 Å². The van der Waals surface area contributed by atoms with Gasteiger partial charge in [0, 0.05) is 30.6 Å². The fraction of sp³-hybridized carbons (Fsp3) is 0.529. The zero-order valence-electron chi connectivity index (χ0n) is 12.7. The van der Waals surface area contributed by atoms with Crippen LogP contribution in [-0.2, 0) is 11.3 Å². The van der Waals surface area contributed by atoms with Crippen LogP contribution < -0.4 is 5.32 Å². The lowest BCUT2D eigenvalue weighted by atomic mass is 10.1. The van der Waals surface area contributed by atoms with E-state index >= 15 is 0 Å². The molecule has 0 aliphatic rings. The number of benzene rings is 1. The minimum absolute atomic E-state index is 0.711. The van der Waals surface area contributed by atoms with Crippen molar-refractivity contribution in [2.75, 3.05) is 19.8 Å². The van der Waals surface area contributed by atoms with E-state index in [0.29, 0.717) is 5.92 Å². The van der Waals surface area contributed by atoms with E-state index in [1.807, 2.05) is 19.1 Å². The number of rotatable bonds is 8. The standard InChI is InChI=1S/C17H25NO2/c1-13(2)8-10-19-11-9-18-12-16-14(3)20-17-7-5-4-6-15(16)17/h4-7,13,18H,8-12H2,1-3H3. The molecule has 1 heterocycles. The zero-order chi connectivity index (χ0) is 14.4. The molecule has 20 heavy (non-hydrogen) atoms. The second kappa shape index (κ2) is 7.46. The van der Waals surface area contributed by atoms with Crippen molar-refractivity contribution in [2.45, 2.75) is 33.7 Å². The number of hydrogen-bond donors (Lipinski definition) is 1. The SMILES string of the molecule is Cc1oc2ccccc2c1CNCCOCCC(C)C. The zero-order valence-corrected chi connectivity index (χ0v) is 12.7. The summed E-state index contributed by atoms with van der Waals surface area (Å²) >= 11 is 0. The molecule has 0 atom stereocenters. The van der Waals surface area contributed by atoms with Crippen molar-refractivity contribution in [3.8, 4) is 0 Å². The van der Waals surface area contributed by atoms with E-state index in [0.717, 1.165) is 44.1 Å². The molecule has 110 valence electrons. The van der Waals surface area contributed by atoms with Crippen molar-refractivity contribution >= 4 is 11.0 Å². The van der Waals surface area contributed by atoms with Crippen LogP contribution in [0.2, 0.25) is 0 Å². The smallest absolute Gasteiger partial charge is 0.134 e. The Labute approximate surface area is 121 Å². The predicted octanol–water partition coefficient (Wildman–Crippen LogP) is 3.89. The highest BCUT2D eigenvalue weighted by Crippen LogP contribution is 2.24. The lowest BCUT2D eigenvalue weighted by Crippen LogP contribution is -2.20. The first-order valence-corrected chi connectivity index (χ1v) is 7.44. The van der Waals surface area contributed by atoms with Crippen molar-refractivity contribution in [1.82, 2.24) is 5.32 Å². The van der Waals surface area contributed by atoms with Gasteiger partial charge in [0.2, 0.25) is 0 Å². The summed E-state index contributed by atoms with van der Waals surface area (Å²) in [5.74, 6) is 1.71. The van der Waals surface area contributed by atoms with E-state index in [1.165, 1.54) is 10.9 Å². The summed E-state index contributed by atoms with van der Waals surface area (Å²) in [6.45, 7) is 9.78. The van der Waals surface area contributed by atoms with E-state index in [2.05, 4.69) is 31.3 Å². The molecule has 0 saturated carbocycles. The molecule has 0 aliphatic heterocycles. The highest BCUT2D eigenvalue weighted by Gasteiger charge is 2.09. The van der Waals surface area contributed by atoms with Gasteiger partial charge in [-0.3, -0.25) is 0 Å². The summed E-state index contributed by atoms with van der Waals surface area (Å²) in [6.07, 6.45) is 1.13. The fourth-order valence-electron chi connectivity index (χ4n) is 2.22. The molecule has 3 nitrogen and oxygen atoms in total. The molecular weight excluding hydrogens is 250 g/mol. The average molecular weight is 275 g/mol. The van der Waals surface area contributed by atoms with Gasteiger partial charge in [0.15, 0.2) is 0 Å². The summed E-state index contributed by atoms with van der Waals surface area (Å²) in [7, 11) is 0. The van der Waals surface area contributed by atoms with Crippen molar-refractivity contribution in [1.29, 1.82) is 0 Å². The summed E-state index contributed by atoms with van der Waals surface area (Å²) in [6, 6.07) is 8.18. The van der Waals surface area contributed by atoms with Gasteiger partial charge < -0.3 is 14.5 Å². The van der Waals surface area contributed by atoms with Gasteiger partial charge in [0.05, 0.1) is 6.61 Å². The second-order valence-electron chi connectivity index (χ2n) is 5.60. The molecule has 0 fully saturated rings. The Hall–Kier alpha value is -1.32. The Kier molecular flexibility index (Phi) is 5.62. The van der Waals surface area contributed by atoms with Crippen molar-refractivity contribution in [2.24, 2.45) is 5.92 Å². The molecule has 1 aromatic carbocycles. The largest absolute Gasteiger partial charge is 0.461 e. The highest BCUT2D eigenvalue weighted by molar-refractivity contribution is 5.82. The Balaban J connectivity index is 1.75. The maximum absolute atomic E-state index is 5.75. The van der Waals surface area contributed by atoms with Crippen molar-refractivity contribution < 1.29 is 9.15 Å². The van der Waals surface area contributed by atoms with Gasteiger partial charge >= 0.3 is 0 Å². The van der Waals surface area contributed by atoms with E-state index in [9.17, 15) is 0 Å².